The van der Waals surface area contributed by atoms with Crippen LogP contribution in [0, 0.1) is 6.92 Å². The summed E-state index contributed by atoms with van der Waals surface area (Å²) in [6.45, 7) is 4.98. The minimum atomic E-state index is -4.55. The molecule has 1 fully saturated rings. The molecule has 1 atom stereocenters. The van der Waals surface area contributed by atoms with Crippen molar-refractivity contribution in [1.82, 2.24) is 19.9 Å². The summed E-state index contributed by atoms with van der Waals surface area (Å²) >= 11 is 0. The molecule has 3 heterocycles. The summed E-state index contributed by atoms with van der Waals surface area (Å²) in [4.78, 5) is 29.4. The summed E-state index contributed by atoms with van der Waals surface area (Å²) in [6, 6.07) is 4.33. The molecule has 0 bridgehead atoms. The molecule has 1 aliphatic heterocycles. The fourth-order valence-electron chi connectivity index (χ4n) is 4.18. The highest BCUT2D eigenvalue weighted by Gasteiger charge is 2.41. The lowest BCUT2D eigenvalue weighted by molar-refractivity contribution is -0.137. The Kier molecular flexibility index (Phi) is 6.17. The Morgan fingerprint density at radius 2 is 1.83 bits per heavy atom. The van der Waals surface area contributed by atoms with Gasteiger partial charge in [0.15, 0.2) is 5.65 Å². The number of benzene rings is 1. The van der Waals surface area contributed by atoms with Crippen LogP contribution in [-0.4, -0.2) is 58.6 Å². The zero-order valence-corrected chi connectivity index (χ0v) is 20.5. The molecule has 1 aliphatic rings. The van der Waals surface area contributed by atoms with Crippen molar-refractivity contribution in [2.24, 2.45) is 0 Å². The molecule has 36 heavy (non-hydrogen) atoms. The Bertz CT molecular complexity index is 1330. The maximum Gasteiger partial charge on any atom is 0.416 e. The number of carbonyl (C=O) groups excluding carboxylic acids is 1. The molecule has 4 rings (SSSR count). The van der Waals surface area contributed by atoms with Crippen LogP contribution in [0.1, 0.15) is 47.2 Å². The standard InChI is InChI=1S/C24H27F4N7O/c1-12(14-6-15(24(26,27)28)8-16(29)7-14)30-19-17-9-18(22(36)34(4)5)21(35-10-23(3,25)11-35)33-20(17)32-13(2)31-19/h6-9,12H,10-11,29H2,1-5H3,(H,30,31,32,33)/t12-/m1/s1. The molecule has 0 aliphatic carbocycles. The van der Waals surface area contributed by atoms with Gasteiger partial charge in [-0.25, -0.2) is 19.3 Å². The van der Waals surface area contributed by atoms with Gasteiger partial charge in [-0.2, -0.15) is 13.2 Å². The van der Waals surface area contributed by atoms with E-state index in [1.54, 1.807) is 38.9 Å². The van der Waals surface area contributed by atoms with Gasteiger partial charge in [-0.3, -0.25) is 4.79 Å². The van der Waals surface area contributed by atoms with E-state index in [0.717, 1.165) is 12.1 Å². The lowest BCUT2D eigenvalue weighted by Crippen LogP contribution is -2.58. The lowest BCUT2D eigenvalue weighted by atomic mass is 9.98. The van der Waals surface area contributed by atoms with E-state index in [4.69, 9.17) is 5.73 Å². The Labute approximate surface area is 205 Å². The van der Waals surface area contributed by atoms with Crippen LogP contribution in [0.4, 0.5) is 34.9 Å². The van der Waals surface area contributed by atoms with Crippen molar-refractivity contribution < 1.29 is 22.4 Å². The molecule has 0 spiro atoms. The van der Waals surface area contributed by atoms with Crippen molar-refractivity contribution in [3.05, 3.63) is 46.8 Å². The van der Waals surface area contributed by atoms with Crippen LogP contribution >= 0.6 is 0 Å². The summed E-state index contributed by atoms with van der Waals surface area (Å²) in [5, 5.41) is 3.53. The van der Waals surface area contributed by atoms with Crippen molar-refractivity contribution >= 4 is 34.3 Å². The molecule has 192 valence electrons. The molecular formula is C24H27F4N7O. The number of nitrogens with two attached hydrogens (primary N) is 1. The summed E-state index contributed by atoms with van der Waals surface area (Å²) in [7, 11) is 3.19. The largest absolute Gasteiger partial charge is 0.416 e. The Hall–Kier alpha value is -3.70. The number of hydrogen-bond acceptors (Lipinski definition) is 7. The zero-order valence-electron chi connectivity index (χ0n) is 20.5. The molecule has 8 nitrogen and oxygen atoms in total. The normalized spacial score (nSPS) is 16.0. The van der Waals surface area contributed by atoms with E-state index < -0.39 is 23.5 Å². The lowest BCUT2D eigenvalue weighted by Gasteiger charge is -2.43. The van der Waals surface area contributed by atoms with Crippen LogP contribution in [0.2, 0.25) is 0 Å². The van der Waals surface area contributed by atoms with E-state index >= 15 is 0 Å². The molecule has 12 heteroatoms. The molecule has 3 N–H and O–H groups in total. The maximum atomic E-state index is 14.2. The van der Waals surface area contributed by atoms with Crippen LogP contribution in [-0.2, 0) is 6.18 Å². The molecule has 1 amide bonds. The number of carbonyl (C=O) groups is 1. The number of anilines is 3. The zero-order chi connectivity index (χ0) is 26.6. The molecule has 0 saturated carbocycles. The van der Waals surface area contributed by atoms with Crippen LogP contribution in [0.3, 0.4) is 0 Å². The predicted octanol–water partition coefficient (Wildman–Crippen LogP) is 4.36. The van der Waals surface area contributed by atoms with Gasteiger partial charge in [-0.05, 0) is 50.6 Å². The SMILES string of the molecule is Cc1nc(N[C@H](C)c2cc(N)cc(C(F)(F)F)c2)c2cc(C(=O)N(C)C)c(N3CC(C)(F)C3)nc2n1. The minimum Gasteiger partial charge on any atom is -0.399 e. The molecule has 2 aromatic heterocycles. The highest BCUT2D eigenvalue weighted by molar-refractivity contribution is 6.03. The van der Waals surface area contributed by atoms with Gasteiger partial charge in [-0.1, -0.05) is 0 Å². The fraction of sp³-hybridized carbons (Fsp3) is 0.417. The van der Waals surface area contributed by atoms with Crippen LogP contribution in [0.25, 0.3) is 11.0 Å². The average Bonchev–Trinajstić information content (AvgIpc) is 2.74. The number of nitrogens with one attached hydrogen (secondary N) is 1. The Balaban J connectivity index is 1.79. The molecular weight excluding hydrogens is 478 g/mol. The van der Waals surface area contributed by atoms with E-state index in [2.05, 4.69) is 20.3 Å². The first-order valence-electron chi connectivity index (χ1n) is 11.2. The number of nitrogens with zero attached hydrogens (tertiary/aromatic N) is 5. The first kappa shape index (κ1) is 25.4. The number of aryl methyl sites for hydroxylation is 1. The number of nitrogen functional groups attached to an aromatic ring is 1. The third-order valence-corrected chi connectivity index (χ3v) is 5.91. The molecule has 3 aromatic rings. The van der Waals surface area contributed by atoms with Crippen LogP contribution in [0.5, 0.6) is 0 Å². The smallest absolute Gasteiger partial charge is 0.399 e. The van der Waals surface area contributed by atoms with Crippen molar-refractivity contribution in [2.75, 3.05) is 43.1 Å². The third kappa shape index (κ3) is 4.98. The monoisotopic (exact) mass is 505 g/mol. The highest BCUT2D eigenvalue weighted by atomic mass is 19.4. The summed E-state index contributed by atoms with van der Waals surface area (Å²) in [6.07, 6.45) is -4.55. The number of alkyl halides is 4. The number of pyridine rings is 1. The third-order valence-electron chi connectivity index (χ3n) is 5.91. The summed E-state index contributed by atoms with van der Waals surface area (Å²) in [5.41, 5.74) is 4.31. The Morgan fingerprint density at radius 1 is 1.17 bits per heavy atom. The van der Waals surface area contributed by atoms with Gasteiger partial charge < -0.3 is 20.9 Å². The van der Waals surface area contributed by atoms with E-state index in [0.29, 0.717) is 28.4 Å². The highest BCUT2D eigenvalue weighted by Crippen LogP contribution is 2.36. The van der Waals surface area contributed by atoms with E-state index in [1.165, 1.54) is 17.9 Å². The Morgan fingerprint density at radius 3 is 2.42 bits per heavy atom. The van der Waals surface area contributed by atoms with Gasteiger partial charge in [0.05, 0.1) is 35.6 Å². The average molecular weight is 506 g/mol. The predicted molar refractivity (Wildman–Crippen MR) is 130 cm³/mol. The van der Waals surface area contributed by atoms with Gasteiger partial charge in [-0.15, -0.1) is 0 Å². The maximum absolute atomic E-state index is 14.2. The van der Waals surface area contributed by atoms with Gasteiger partial charge in [0.2, 0.25) is 0 Å². The molecule has 0 radical (unpaired) electrons. The van der Waals surface area contributed by atoms with Gasteiger partial charge >= 0.3 is 6.18 Å². The molecule has 1 saturated heterocycles. The second-order valence-corrected chi connectivity index (χ2v) is 9.57. The summed E-state index contributed by atoms with van der Waals surface area (Å²) in [5.74, 6) is 0.646. The van der Waals surface area contributed by atoms with Crippen LogP contribution in [0.15, 0.2) is 24.3 Å². The second kappa shape index (κ2) is 8.75. The quantitative estimate of drug-likeness (QED) is 0.393. The molecule has 1 aromatic carbocycles. The van der Waals surface area contributed by atoms with Gasteiger partial charge in [0, 0.05) is 19.8 Å². The molecule has 0 unspecified atom stereocenters. The van der Waals surface area contributed by atoms with Gasteiger partial charge in [0.25, 0.3) is 5.91 Å². The van der Waals surface area contributed by atoms with Crippen LogP contribution < -0.4 is 16.0 Å². The second-order valence-electron chi connectivity index (χ2n) is 9.57. The number of halogens is 4. The number of aromatic nitrogens is 3. The van der Waals surface area contributed by atoms with E-state index in [1.807, 2.05) is 0 Å². The summed E-state index contributed by atoms with van der Waals surface area (Å²) < 4.78 is 54.1. The van der Waals surface area contributed by atoms with Gasteiger partial charge in [0.1, 0.15) is 23.1 Å². The first-order chi connectivity index (χ1) is 16.6. The van der Waals surface area contributed by atoms with Crippen molar-refractivity contribution in [3.8, 4) is 0 Å². The number of hydrogen-bond donors (Lipinski definition) is 2. The fourth-order valence-corrected chi connectivity index (χ4v) is 4.18. The first-order valence-corrected chi connectivity index (χ1v) is 11.2. The van der Waals surface area contributed by atoms with Crippen molar-refractivity contribution in [2.45, 2.75) is 38.7 Å². The van der Waals surface area contributed by atoms with Crippen molar-refractivity contribution in [1.29, 1.82) is 0 Å². The van der Waals surface area contributed by atoms with E-state index in [9.17, 15) is 22.4 Å². The van der Waals surface area contributed by atoms with E-state index in [-0.39, 0.29) is 35.9 Å². The minimum absolute atomic E-state index is 0.0169. The number of amides is 1. The van der Waals surface area contributed by atoms with Crippen molar-refractivity contribution in [3.63, 3.8) is 0 Å². The topological polar surface area (TPSA) is 100 Å². The number of rotatable bonds is 5. The number of fused-ring (bicyclic) bond motifs is 1.